The molecule has 2 heterocycles. The number of ether oxygens (including phenoxy) is 1. The summed E-state index contributed by atoms with van der Waals surface area (Å²) < 4.78 is 7.46. The Hall–Kier alpha value is -3.48. The van der Waals surface area contributed by atoms with Gasteiger partial charge in [0.2, 0.25) is 5.91 Å². The number of rotatable bonds is 5. The largest absolute Gasteiger partial charge is 0.487 e. The Kier molecular flexibility index (Phi) is 4.42. The van der Waals surface area contributed by atoms with E-state index in [-0.39, 0.29) is 18.3 Å². The van der Waals surface area contributed by atoms with Crippen LogP contribution in [0.1, 0.15) is 35.0 Å². The van der Waals surface area contributed by atoms with E-state index in [9.17, 15) is 9.59 Å². The molecule has 7 heteroatoms. The highest BCUT2D eigenvalue weighted by molar-refractivity contribution is 5.94. The number of benzene rings is 2. The summed E-state index contributed by atoms with van der Waals surface area (Å²) in [6.45, 7) is 1.82. The molecule has 0 bridgehead atoms. The molecule has 2 aromatic carbocycles. The molecule has 0 saturated heterocycles. The molecule has 0 radical (unpaired) electrons. The average molecular weight is 362 g/mol. The Bertz CT molecular complexity index is 1010. The van der Waals surface area contributed by atoms with Crippen molar-refractivity contribution in [3.63, 3.8) is 0 Å². The van der Waals surface area contributed by atoms with Crippen molar-refractivity contribution in [3.05, 3.63) is 65.5 Å². The lowest BCUT2D eigenvalue weighted by atomic mass is 10.0. The van der Waals surface area contributed by atoms with Crippen LogP contribution in [0.3, 0.4) is 0 Å². The molecule has 0 unspecified atom stereocenters. The molecule has 0 atom stereocenters. The third-order valence-electron chi connectivity index (χ3n) is 4.44. The van der Waals surface area contributed by atoms with E-state index < -0.39 is 0 Å². The van der Waals surface area contributed by atoms with Crippen molar-refractivity contribution in [2.45, 2.75) is 26.4 Å². The van der Waals surface area contributed by atoms with Crippen LogP contribution in [0.5, 0.6) is 5.75 Å². The SMILES string of the molecule is CC(=O)c1ccc(-n2cc(COc3ccc4c(c3)CCC(=O)N4)nn2)cc1. The standard InChI is InChI=1S/C20H18N4O3/c1-13(25)14-2-5-17(6-3-14)24-11-16(22-23-24)12-27-18-7-8-19-15(10-18)4-9-20(26)21-19/h2-3,5-8,10-11H,4,9,12H2,1H3,(H,21,26). The predicted octanol–water partition coefficient (Wildman–Crippen LogP) is 2.93. The number of fused-ring (bicyclic) bond motifs is 1. The molecule has 27 heavy (non-hydrogen) atoms. The topological polar surface area (TPSA) is 86.1 Å². The minimum atomic E-state index is 0.0267. The molecule has 0 fully saturated rings. The molecular weight excluding hydrogens is 344 g/mol. The summed E-state index contributed by atoms with van der Waals surface area (Å²) in [5, 5.41) is 11.1. The fraction of sp³-hybridized carbons (Fsp3) is 0.200. The number of ketones is 1. The van der Waals surface area contributed by atoms with Gasteiger partial charge in [-0.1, -0.05) is 5.21 Å². The summed E-state index contributed by atoms with van der Waals surface area (Å²) in [6, 6.07) is 12.8. The number of carbonyl (C=O) groups is 2. The van der Waals surface area contributed by atoms with Crippen LogP contribution in [-0.2, 0) is 17.8 Å². The maximum Gasteiger partial charge on any atom is 0.224 e. The number of amides is 1. The Balaban J connectivity index is 1.42. The maximum absolute atomic E-state index is 11.4. The Morgan fingerprint density at radius 3 is 2.78 bits per heavy atom. The van der Waals surface area contributed by atoms with Gasteiger partial charge in [0.1, 0.15) is 18.1 Å². The number of hydrogen-bond acceptors (Lipinski definition) is 5. The van der Waals surface area contributed by atoms with Crippen molar-refractivity contribution >= 4 is 17.4 Å². The highest BCUT2D eigenvalue weighted by Gasteiger charge is 2.15. The molecule has 1 aromatic heterocycles. The van der Waals surface area contributed by atoms with E-state index in [0.29, 0.717) is 24.1 Å². The molecule has 4 rings (SSSR count). The van der Waals surface area contributed by atoms with Gasteiger partial charge in [-0.05, 0) is 61.4 Å². The number of nitrogens with one attached hydrogen (secondary N) is 1. The van der Waals surface area contributed by atoms with Crippen molar-refractivity contribution < 1.29 is 14.3 Å². The number of nitrogens with zero attached hydrogens (tertiary/aromatic N) is 3. The van der Waals surface area contributed by atoms with Gasteiger partial charge in [-0.3, -0.25) is 9.59 Å². The second-order valence-corrected chi connectivity index (χ2v) is 6.41. The number of anilines is 1. The van der Waals surface area contributed by atoms with Crippen molar-refractivity contribution in [3.8, 4) is 11.4 Å². The Morgan fingerprint density at radius 1 is 1.19 bits per heavy atom. The minimum Gasteiger partial charge on any atom is -0.487 e. The zero-order chi connectivity index (χ0) is 18.8. The van der Waals surface area contributed by atoms with Crippen molar-refractivity contribution in [1.29, 1.82) is 0 Å². The summed E-state index contributed by atoms with van der Waals surface area (Å²) in [6.07, 6.45) is 3.00. The van der Waals surface area contributed by atoms with E-state index in [2.05, 4.69) is 15.6 Å². The van der Waals surface area contributed by atoms with Crippen molar-refractivity contribution in [1.82, 2.24) is 15.0 Å². The quantitative estimate of drug-likeness (QED) is 0.705. The first-order valence-corrected chi connectivity index (χ1v) is 8.67. The lowest BCUT2D eigenvalue weighted by molar-refractivity contribution is -0.116. The van der Waals surface area contributed by atoms with E-state index in [1.807, 2.05) is 30.3 Å². The fourth-order valence-electron chi connectivity index (χ4n) is 2.95. The summed E-state index contributed by atoms with van der Waals surface area (Å²) in [7, 11) is 0. The Labute approximate surface area is 156 Å². The molecule has 7 nitrogen and oxygen atoms in total. The molecule has 0 saturated carbocycles. The summed E-state index contributed by atoms with van der Waals surface area (Å²) in [4.78, 5) is 22.8. The van der Waals surface area contributed by atoms with Gasteiger partial charge in [0.05, 0.1) is 11.9 Å². The van der Waals surface area contributed by atoms with Gasteiger partial charge in [0, 0.05) is 17.7 Å². The van der Waals surface area contributed by atoms with Gasteiger partial charge in [-0.25, -0.2) is 4.68 Å². The molecule has 136 valence electrons. The zero-order valence-corrected chi connectivity index (χ0v) is 14.8. The molecular formula is C20H18N4O3. The lowest BCUT2D eigenvalue weighted by Gasteiger charge is -2.17. The normalized spacial score (nSPS) is 13.0. The molecule has 1 amide bonds. The van der Waals surface area contributed by atoms with E-state index in [1.54, 1.807) is 23.0 Å². The fourth-order valence-corrected chi connectivity index (χ4v) is 2.95. The zero-order valence-electron chi connectivity index (χ0n) is 14.8. The number of hydrogen-bond donors (Lipinski definition) is 1. The third-order valence-corrected chi connectivity index (χ3v) is 4.44. The molecule has 0 aliphatic carbocycles. The highest BCUT2D eigenvalue weighted by Crippen LogP contribution is 2.27. The van der Waals surface area contributed by atoms with Gasteiger partial charge < -0.3 is 10.1 Å². The smallest absolute Gasteiger partial charge is 0.224 e. The molecule has 1 aliphatic rings. The van der Waals surface area contributed by atoms with Crippen molar-refractivity contribution in [2.24, 2.45) is 0 Å². The average Bonchev–Trinajstić information content (AvgIpc) is 3.15. The van der Waals surface area contributed by atoms with Crippen LogP contribution in [-0.4, -0.2) is 26.7 Å². The van der Waals surface area contributed by atoms with Crippen LogP contribution >= 0.6 is 0 Å². The number of aryl methyl sites for hydroxylation is 1. The summed E-state index contributed by atoms with van der Waals surface area (Å²) in [5.74, 6) is 0.799. The van der Waals surface area contributed by atoms with Crippen molar-refractivity contribution in [2.75, 3.05) is 5.32 Å². The first kappa shape index (κ1) is 17.0. The van der Waals surface area contributed by atoms with Gasteiger partial charge in [-0.15, -0.1) is 5.10 Å². The van der Waals surface area contributed by atoms with Gasteiger partial charge in [0.25, 0.3) is 0 Å². The van der Waals surface area contributed by atoms with E-state index in [1.165, 1.54) is 6.92 Å². The highest BCUT2D eigenvalue weighted by atomic mass is 16.5. The number of aromatic nitrogens is 3. The third kappa shape index (κ3) is 3.72. The molecule has 0 spiro atoms. The second kappa shape index (κ2) is 7.03. The van der Waals surface area contributed by atoms with Crippen LogP contribution in [0.25, 0.3) is 5.69 Å². The molecule has 1 N–H and O–H groups in total. The van der Waals surface area contributed by atoms with Crippen LogP contribution in [0.15, 0.2) is 48.7 Å². The van der Waals surface area contributed by atoms with Crippen LogP contribution in [0.2, 0.25) is 0 Å². The summed E-state index contributed by atoms with van der Waals surface area (Å²) >= 11 is 0. The minimum absolute atomic E-state index is 0.0267. The molecule has 3 aromatic rings. The van der Waals surface area contributed by atoms with Crippen LogP contribution < -0.4 is 10.1 Å². The first-order chi connectivity index (χ1) is 13.1. The summed E-state index contributed by atoms with van der Waals surface area (Å²) in [5.41, 5.74) is 4.09. The van der Waals surface area contributed by atoms with Crippen LogP contribution in [0.4, 0.5) is 5.69 Å². The van der Waals surface area contributed by atoms with Gasteiger partial charge in [-0.2, -0.15) is 0 Å². The molecule has 1 aliphatic heterocycles. The van der Waals surface area contributed by atoms with E-state index in [0.717, 1.165) is 22.7 Å². The van der Waals surface area contributed by atoms with Gasteiger partial charge in [0.15, 0.2) is 5.78 Å². The van der Waals surface area contributed by atoms with Gasteiger partial charge >= 0.3 is 0 Å². The van der Waals surface area contributed by atoms with E-state index >= 15 is 0 Å². The second-order valence-electron chi connectivity index (χ2n) is 6.41. The Morgan fingerprint density at radius 2 is 2.00 bits per heavy atom. The number of Topliss-reactive ketones (excluding diaryl/α,β-unsaturated/α-hetero) is 1. The number of carbonyl (C=O) groups excluding carboxylic acids is 2. The van der Waals surface area contributed by atoms with E-state index in [4.69, 9.17) is 4.74 Å². The maximum atomic E-state index is 11.4. The lowest BCUT2D eigenvalue weighted by Crippen LogP contribution is -2.18. The monoisotopic (exact) mass is 362 g/mol. The first-order valence-electron chi connectivity index (χ1n) is 8.67. The predicted molar refractivity (Wildman–Crippen MR) is 99.1 cm³/mol. The van der Waals surface area contributed by atoms with Crippen LogP contribution in [0, 0.1) is 0 Å².